The molecule has 2 N–H and O–H groups in total. The van der Waals surface area contributed by atoms with Gasteiger partial charge in [-0.15, -0.1) is 0 Å². The maximum atomic E-state index is 12.2. The number of nitrogens with zero attached hydrogens (tertiary/aromatic N) is 1. The molecule has 0 aromatic heterocycles. The second kappa shape index (κ2) is 5.37. The van der Waals surface area contributed by atoms with Crippen molar-refractivity contribution in [3.8, 4) is 0 Å². The molecule has 5 nitrogen and oxygen atoms in total. The van der Waals surface area contributed by atoms with Gasteiger partial charge >= 0.3 is 5.97 Å². The summed E-state index contributed by atoms with van der Waals surface area (Å²) in [6, 6.07) is 6.35. The summed E-state index contributed by atoms with van der Waals surface area (Å²) in [5.41, 5.74) is 0.626. The van der Waals surface area contributed by atoms with Gasteiger partial charge in [-0.3, -0.25) is 9.59 Å². The molecule has 0 spiro atoms. The summed E-state index contributed by atoms with van der Waals surface area (Å²) < 4.78 is 0. The molecule has 0 radical (unpaired) electrons. The topological polar surface area (TPSA) is 69.6 Å². The largest absolute Gasteiger partial charge is 0.481 e. The van der Waals surface area contributed by atoms with Gasteiger partial charge in [0.1, 0.15) is 0 Å². The number of aliphatic carboxylic acids is 1. The van der Waals surface area contributed by atoms with Gasteiger partial charge in [-0.2, -0.15) is 0 Å². The van der Waals surface area contributed by atoms with Crippen LogP contribution in [0.2, 0.25) is 5.02 Å². The molecule has 6 heteroatoms. The minimum atomic E-state index is -0.998. The Morgan fingerprint density at radius 3 is 2.89 bits per heavy atom. The average molecular weight is 269 g/mol. The molecule has 1 atom stereocenters. The Bertz CT molecular complexity index is 478. The third kappa shape index (κ3) is 2.63. The van der Waals surface area contributed by atoms with Crippen LogP contribution in [0.15, 0.2) is 24.3 Å². The number of piperazine rings is 1. The van der Waals surface area contributed by atoms with Gasteiger partial charge in [-0.05, 0) is 12.1 Å². The number of nitrogens with one attached hydrogen (secondary N) is 1. The summed E-state index contributed by atoms with van der Waals surface area (Å²) in [6.45, 7) is 1.04. The van der Waals surface area contributed by atoms with Crippen LogP contribution in [0.4, 0.5) is 5.69 Å². The molecule has 0 saturated carbocycles. The first-order valence-electron chi connectivity index (χ1n) is 5.60. The van der Waals surface area contributed by atoms with Crippen molar-refractivity contribution in [2.75, 3.05) is 18.0 Å². The van der Waals surface area contributed by atoms with Crippen molar-refractivity contribution in [3.05, 3.63) is 29.3 Å². The molecule has 2 rings (SSSR count). The molecular formula is C12H13ClN2O3. The number of para-hydroxylation sites is 1. The van der Waals surface area contributed by atoms with Gasteiger partial charge in [0.05, 0.1) is 23.2 Å². The molecule has 1 aromatic carbocycles. The number of hydrogen-bond donors (Lipinski definition) is 2. The summed E-state index contributed by atoms with van der Waals surface area (Å²) >= 11 is 6.05. The fourth-order valence-corrected chi connectivity index (χ4v) is 2.22. The lowest BCUT2D eigenvalue weighted by Crippen LogP contribution is -2.56. The number of hydrogen-bond acceptors (Lipinski definition) is 3. The highest BCUT2D eigenvalue weighted by atomic mass is 35.5. The molecule has 0 aliphatic carbocycles. The number of carboxylic acid groups (broad SMARTS) is 1. The lowest BCUT2D eigenvalue weighted by molar-refractivity contribution is -0.139. The van der Waals surface area contributed by atoms with Crippen molar-refractivity contribution in [1.29, 1.82) is 0 Å². The van der Waals surface area contributed by atoms with Crippen LogP contribution in [0.5, 0.6) is 0 Å². The Hall–Kier alpha value is -1.59. The van der Waals surface area contributed by atoms with Crippen LogP contribution in [-0.4, -0.2) is 36.1 Å². The van der Waals surface area contributed by atoms with E-state index in [2.05, 4.69) is 5.32 Å². The predicted molar refractivity (Wildman–Crippen MR) is 67.8 cm³/mol. The molecule has 1 aliphatic rings. The summed E-state index contributed by atoms with van der Waals surface area (Å²) in [6.07, 6.45) is -0.222. The van der Waals surface area contributed by atoms with Crippen LogP contribution in [0.25, 0.3) is 0 Å². The monoisotopic (exact) mass is 268 g/mol. The van der Waals surface area contributed by atoms with Crippen LogP contribution in [0, 0.1) is 0 Å². The van der Waals surface area contributed by atoms with Gasteiger partial charge in [0.15, 0.2) is 0 Å². The van der Waals surface area contributed by atoms with Crippen molar-refractivity contribution < 1.29 is 14.7 Å². The lowest BCUT2D eigenvalue weighted by atomic mass is 10.1. The van der Waals surface area contributed by atoms with Crippen LogP contribution in [-0.2, 0) is 9.59 Å². The molecule has 1 amide bonds. The number of rotatable bonds is 3. The fourth-order valence-electron chi connectivity index (χ4n) is 1.98. The van der Waals surface area contributed by atoms with Crippen molar-refractivity contribution in [1.82, 2.24) is 5.32 Å². The summed E-state index contributed by atoms with van der Waals surface area (Å²) in [5, 5.41) is 12.2. The number of halogens is 1. The van der Waals surface area contributed by atoms with Gasteiger partial charge < -0.3 is 15.3 Å². The maximum absolute atomic E-state index is 12.2. The van der Waals surface area contributed by atoms with E-state index in [1.165, 1.54) is 4.90 Å². The lowest BCUT2D eigenvalue weighted by Gasteiger charge is -2.33. The van der Waals surface area contributed by atoms with E-state index in [-0.39, 0.29) is 12.3 Å². The average Bonchev–Trinajstić information content (AvgIpc) is 2.32. The third-order valence-corrected chi connectivity index (χ3v) is 3.13. The van der Waals surface area contributed by atoms with Crippen LogP contribution in [0.3, 0.4) is 0 Å². The Morgan fingerprint density at radius 1 is 1.50 bits per heavy atom. The zero-order valence-corrected chi connectivity index (χ0v) is 10.4. The predicted octanol–water partition coefficient (Wildman–Crippen LogP) is 1.12. The molecule has 1 aromatic rings. The molecule has 1 saturated heterocycles. The fraction of sp³-hybridized carbons (Fsp3) is 0.333. The highest BCUT2D eigenvalue weighted by Gasteiger charge is 2.31. The molecule has 1 aliphatic heterocycles. The first kappa shape index (κ1) is 12.9. The number of amides is 1. The number of carbonyl (C=O) groups is 2. The highest BCUT2D eigenvalue weighted by Crippen LogP contribution is 2.26. The highest BCUT2D eigenvalue weighted by molar-refractivity contribution is 6.33. The van der Waals surface area contributed by atoms with E-state index in [1.54, 1.807) is 24.3 Å². The Kier molecular flexibility index (Phi) is 3.84. The smallest absolute Gasteiger partial charge is 0.305 e. The Labute approximate surface area is 109 Å². The van der Waals surface area contributed by atoms with E-state index < -0.39 is 12.0 Å². The van der Waals surface area contributed by atoms with Crippen molar-refractivity contribution in [3.63, 3.8) is 0 Å². The van der Waals surface area contributed by atoms with E-state index in [0.717, 1.165) is 0 Å². The quantitative estimate of drug-likeness (QED) is 0.862. The van der Waals surface area contributed by atoms with E-state index in [9.17, 15) is 9.59 Å². The number of carbonyl (C=O) groups excluding carboxylic acids is 1. The SMILES string of the molecule is O=C(O)CC1NCCN(c2ccccc2Cl)C1=O. The van der Waals surface area contributed by atoms with Crippen LogP contribution < -0.4 is 10.2 Å². The first-order chi connectivity index (χ1) is 8.59. The minimum absolute atomic E-state index is 0.222. The molecular weight excluding hydrogens is 256 g/mol. The van der Waals surface area contributed by atoms with Crippen molar-refractivity contribution >= 4 is 29.2 Å². The van der Waals surface area contributed by atoms with Gasteiger partial charge in [0.2, 0.25) is 5.91 Å². The standard InChI is InChI=1S/C12H13ClN2O3/c13-8-3-1-2-4-10(8)15-6-5-14-9(12(15)18)7-11(16)17/h1-4,9,14H,5-7H2,(H,16,17). The summed E-state index contributed by atoms with van der Waals surface area (Å²) in [7, 11) is 0. The normalized spacial score (nSPS) is 19.9. The zero-order chi connectivity index (χ0) is 13.1. The van der Waals surface area contributed by atoms with Crippen LogP contribution >= 0.6 is 11.6 Å². The second-order valence-corrected chi connectivity index (χ2v) is 4.45. The molecule has 18 heavy (non-hydrogen) atoms. The van der Waals surface area contributed by atoms with Gasteiger partial charge in [-0.1, -0.05) is 23.7 Å². The Morgan fingerprint density at radius 2 is 2.22 bits per heavy atom. The van der Waals surface area contributed by atoms with Gasteiger partial charge in [-0.25, -0.2) is 0 Å². The van der Waals surface area contributed by atoms with Crippen LogP contribution in [0.1, 0.15) is 6.42 Å². The number of anilines is 1. The molecule has 96 valence electrons. The van der Waals surface area contributed by atoms with Gasteiger partial charge in [0.25, 0.3) is 0 Å². The van der Waals surface area contributed by atoms with E-state index in [0.29, 0.717) is 23.8 Å². The third-order valence-electron chi connectivity index (χ3n) is 2.81. The maximum Gasteiger partial charge on any atom is 0.305 e. The minimum Gasteiger partial charge on any atom is -0.481 e. The summed E-state index contributed by atoms with van der Waals surface area (Å²) in [5.74, 6) is -1.25. The number of carboxylic acids is 1. The van der Waals surface area contributed by atoms with E-state index in [1.807, 2.05) is 0 Å². The molecule has 1 heterocycles. The zero-order valence-electron chi connectivity index (χ0n) is 9.60. The summed E-state index contributed by atoms with van der Waals surface area (Å²) in [4.78, 5) is 24.4. The van der Waals surface area contributed by atoms with E-state index >= 15 is 0 Å². The second-order valence-electron chi connectivity index (χ2n) is 4.05. The van der Waals surface area contributed by atoms with Gasteiger partial charge in [0, 0.05) is 13.1 Å². The Balaban J connectivity index is 2.21. The number of benzene rings is 1. The van der Waals surface area contributed by atoms with E-state index in [4.69, 9.17) is 16.7 Å². The molecule has 1 fully saturated rings. The molecule has 0 bridgehead atoms. The van der Waals surface area contributed by atoms with Crippen molar-refractivity contribution in [2.45, 2.75) is 12.5 Å². The van der Waals surface area contributed by atoms with Crippen molar-refractivity contribution in [2.24, 2.45) is 0 Å². The molecule has 1 unspecified atom stereocenters. The first-order valence-corrected chi connectivity index (χ1v) is 5.98.